The zero-order valence-corrected chi connectivity index (χ0v) is 15.4. The fourth-order valence-corrected chi connectivity index (χ4v) is 3.77. The molecule has 0 bridgehead atoms. The highest BCUT2D eigenvalue weighted by Gasteiger charge is 2.22. The van der Waals surface area contributed by atoms with E-state index in [1.54, 1.807) is 0 Å². The first-order valence-electron chi connectivity index (χ1n) is 7.98. The SMILES string of the molecule is O=C(CSCC(=O)Nc1nnc(C2CCCO2)s1)Nc1ccc(F)cc1. The summed E-state index contributed by atoms with van der Waals surface area (Å²) in [5.74, 6) is -0.646. The van der Waals surface area contributed by atoms with E-state index in [-0.39, 0.29) is 35.2 Å². The molecule has 0 saturated carbocycles. The summed E-state index contributed by atoms with van der Waals surface area (Å²) in [6.45, 7) is 0.725. The van der Waals surface area contributed by atoms with Crippen LogP contribution in [0, 0.1) is 5.82 Å². The average Bonchev–Trinajstić information content (AvgIpc) is 3.28. The average molecular weight is 396 g/mol. The number of halogens is 1. The molecule has 1 unspecified atom stereocenters. The van der Waals surface area contributed by atoms with Crippen LogP contribution >= 0.6 is 23.1 Å². The molecule has 1 fully saturated rings. The predicted octanol–water partition coefficient (Wildman–Crippen LogP) is 2.84. The van der Waals surface area contributed by atoms with Crippen molar-refractivity contribution < 1.29 is 18.7 Å². The Morgan fingerprint density at radius 2 is 1.92 bits per heavy atom. The van der Waals surface area contributed by atoms with E-state index in [0.717, 1.165) is 24.5 Å². The molecular weight excluding hydrogens is 379 g/mol. The summed E-state index contributed by atoms with van der Waals surface area (Å²) >= 11 is 2.48. The Morgan fingerprint density at radius 1 is 1.19 bits per heavy atom. The second-order valence-corrected chi connectivity index (χ2v) is 7.54. The standard InChI is InChI=1S/C16H17FN4O3S2/c17-10-3-5-11(6-4-10)18-13(22)8-25-9-14(23)19-16-21-20-15(26-16)12-2-1-7-24-12/h3-6,12H,1-2,7-9H2,(H,18,22)(H,19,21,23). The molecule has 0 aliphatic carbocycles. The molecule has 0 spiro atoms. The van der Waals surface area contributed by atoms with Crippen molar-refractivity contribution in [2.45, 2.75) is 18.9 Å². The molecule has 3 rings (SSSR count). The van der Waals surface area contributed by atoms with Gasteiger partial charge >= 0.3 is 0 Å². The minimum Gasteiger partial charge on any atom is -0.371 e. The first-order valence-corrected chi connectivity index (χ1v) is 9.95. The molecule has 1 atom stereocenters. The van der Waals surface area contributed by atoms with Crippen LogP contribution in [0.25, 0.3) is 0 Å². The van der Waals surface area contributed by atoms with Gasteiger partial charge in [0.05, 0.1) is 11.5 Å². The number of rotatable bonds is 7. The van der Waals surface area contributed by atoms with Crippen molar-refractivity contribution in [2.24, 2.45) is 0 Å². The van der Waals surface area contributed by atoms with Crippen LogP contribution in [-0.4, -0.2) is 40.1 Å². The van der Waals surface area contributed by atoms with Gasteiger partial charge in [0.2, 0.25) is 16.9 Å². The lowest BCUT2D eigenvalue weighted by atomic mass is 10.2. The zero-order chi connectivity index (χ0) is 18.4. The van der Waals surface area contributed by atoms with E-state index in [0.29, 0.717) is 10.8 Å². The van der Waals surface area contributed by atoms with E-state index < -0.39 is 0 Å². The van der Waals surface area contributed by atoms with Crippen LogP contribution in [0.3, 0.4) is 0 Å². The summed E-state index contributed by atoms with van der Waals surface area (Å²) in [5, 5.41) is 14.5. The first kappa shape index (κ1) is 18.7. The fourth-order valence-electron chi connectivity index (χ4n) is 2.31. The van der Waals surface area contributed by atoms with Crippen LogP contribution in [0.5, 0.6) is 0 Å². The number of amides is 2. The zero-order valence-electron chi connectivity index (χ0n) is 13.7. The van der Waals surface area contributed by atoms with Crippen LogP contribution in [-0.2, 0) is 14.3 Å². The lowest BCUT2D eigenvalue weighted by Gasteiger charge is -2.05. The third-order valence-corrected chi connectivity index (χ3v) is 5.35. The number of thioether (sulfide) groups is 1. The maximum absolute atomic E-state index is 12.8. The molecule has 1 aliphatic heterocycles. The van der Waals surface area contributed by atoms with Gasteiger partial charge in [-0.3, -0.25) is 14.9 Å². The number of aromatic nitrogens is 2. The fraction of sp³-hybridized carbons (Fsp3) is 0.375. The van der Waals surface area contributed by atoms with Crippen LogP contribution in [0.1, 0.15) is 24.0 Å². The molecule has 2 heterocycles. The minimum atomic E-state index is -0.367. The molecule has 1 aromatic heterocycles. The maximum atomic E-state index is 12.8. The topological polar surface area (TPSA) is 93.2 Å². The Balaban J connectivity index is 1.37. The number of nitrogens with zero attached hydrogens (tertiary/aromatic N) is 2. The van der Waals surface area contributed by atoms with Gasteiger partial charge in [-0.15, -0.1) is 22.0 Å². The number of benzene rings is 1. The molecule has 1 saturated heterocycles. The molecular formula is C16H17FN4O3S2. The largest absolute Gasteiger partial charge is 0.371 e. The van der Waals surface area contributed by atoms with E-state index in [2.05, 4.69) is 20.8 Å². The summed E-state index contributed by atoms with van der Waals surface area (Å²) in [6.07, 6.45) is 1.90. The summed E-state index contributed by atoms with van der Waals surface area (Å²) < 4.78 is 18.3. The van der Waals surface area contributed by atoms with Gasteiger partial charge < -0.3 is 10.1 Å². The third-order valence-electron chi connectivity index (χ3n) is 3.49. The molecule has 2 aromatic rings. The quantitative estimate of drug-likeness (QED) is 0.748. The number of hydrogen-bond acceptors (Lipinski definition) is 7. The van der Waals surface area contributed by atoms with Gasteiger partial charge in [0.1, 0.15) is 16.9 Å². The van der Waals surface area contributed by atoms with Crippen molar-refractivity contribution in [3.05, 3.63) is 35.1 Å². The van der Waals surface area contributed by atoms with Crippen molar-refractivity contribution in [3.8, 4) is 0 Å². The van der Waals surface area contributed by atoms with Crippen LogP contribution < -0.4 is 10.6 Å². The van der Waals surface area contributed by atoms with E-state index in [1.165, 1.54) is 47.4 Å². The Hall–Kier alpha value is -2.04. The smallest absolute Gasteiger partial charge is 0.236 e. The molecule has 26 heavy (non-hydrogen) atoms. The van der Waals surface area contributed by atoms with Crippen LogP contribution in [0.15, 0.2) is 24.3 Å². The third kappa shape index (κ3) is 5.48. The van der Waals surface area contributed by atoms with Gasteiger partial charge in [0, 0.05) is 12.3 Å². The van der Waals surface area contributed by atoms with E-state index in [9.17, 15) is 14.0 Å². The lowest BCUT2D eigenvalue weighted by Crippen LogP contribution is -2.18. The number of ether oxygens (including phenoxy) is 1. The number of anilines is 2. The summed E-state index contributed by atoms with van der Waals surface area (Å²) in [7, 11) is 0. The summed E-state index contributed by atoms with van der Waals surface area (Å²) in [4.78, 5) is 23.7. The van der Waals surface area contributed by atoms with Crippen molar-refractivity contribution in [1.82, 2.24) is 10.2 Å². The second kappa shape index (κ2) is 9.06. The molecule has 0 radical (unpaired) electrons. The molecule has 138 valence electrons. The molecule has 2 N–H and O–H groups in total. The number of carbonyl (C=O) groups is 2. The summed E-state index contributed by atoms with van der Waals surface area (Å²) in [6, 6.07) is 5.49. The number of hydrogen-bond donors (Lipinski definition) is 2. The Labute approximate surface area is 157 Å². The van der Waals surface area contributed by atoms with E-state index in [1.807, 2.05) is 0 Å². The van der Waals surface area contributed by atoms with Crippen LogP contribution in [0.2, 0.25) is 0 Å². The lowest BCUT2D eigenvalue weighted by molar-refractivity contribution is -0.114. The minimum absolute atomic E-state index is 0.0253. The van der Waals surface area contributed by atoms with Gasteiger partial charge in [0.15, 0.2) is 0 Å². The predicted molar refractivity (Wildman–Crippen MR) is 98.8 cm³/mol. The highest BCUT2D eigenvalue weighted by atomic mass is 32.2. The van der Waals surface area contributed by atoms with Gasteiger partial charge in [-0.25, -0.2) is 4.39 Å². The molecule has 7 nitrogen and oxygen atoms in total. The van der Waals surface area contributed by atoms with Crippen molar-refractivity contribution in [2.75, 3.05) is 28.7 Å². The van der Waals surface area contributed by atoms with E-state index >= 15 is 0 Å². The summed E-state index contributed by atoms with van der Waals surface area (Å²) in [5.41, 5.74) is 0.511. The van der Waals surface area contributed by atoms with Gasteiger partial charge in [-0.1, -0.05) is 11.3 Å². The second-order valence-electron chi connectivity index (χ2n) is 5.54. The van der Waals surface area contributed by atoms with Crippen molar-refractivity contribution in [3.63, 3.8) is 0 Å². The van der Waals surface area contributed by atoms with E-state index in [4.69, 9.17) is 4.74 Å². The Morgan fingerprint density at radius 3 is 2.62 bits per heavy atom. The molecule has 1 aliphatic rings. The van der Waals surface area contributed by atoms with Crippen molar-refractivity contribution in [1.29, 1.82) is 0 Å². The molecule has 2 amide bonds. The van der Waals surface area contributed by atoms with Gasteiger partial charge in [-0.2, -0.15) is 0 Å². The van der Waals surface area contributed by atoms with Gasteiger partial charge in [0.25, 0.3) is 0 Å². The molecule has 1 aromatic carbocycles. The normalized spacial score (nSPS) is 16.4. The first-order chi connectivity index (χ1) is 12.6. The maximum Gasteiger partial charge on any atom is 0.236 e. The molecule has 10 heteroatoms. The Kier molecular flexibility index (Phi) is 6.53. The Bertz CT molecular complexity index is 763. The van der Waals surface area contributed by atoms with Crippen molar-refractivity contribution >= 4 is 45.7 Å². The highest BCUT2D eigenvalue weighted by Crippen LogP contribution is 2.31. The highest BCUT2D eigenvalue weighted by molar-refractivity contribution is 8.00. The number of nitrogens with one attached hydrogen (secondary N) is 2. The van der Waals surface area contributed by atoms with Gasteiger partial charge in [-0.05, 0) is 37.1 Å². The monoisotopic (exact) mass is 396 g/mol. The number of carbonyl (C=O) groups excluding carboxylic acids is 2. The van der Waals surface area contributed by atoms with Crippen LogP contribution in [0.4, 0.5) is 15.2 Å².